The Morgan fingerprint density at radius 1 is 1.02 bits per heavy atom. The summed E-state index contributed by atoms with van der Waals surface area (Å²) in [6.45, 7) is 13.9. The maximum absolute atomic E-state index is 13.7. The highest BCUT2D eigenvalue weighted by Gasteiger charge is 2.51. The lowest BCUT2D eigenvalue weighted by Gasteiger charge is -2.39. The second-order valence-electron chi connectivity index (χ2n) is 13.2. The molecular formula is C34H42N2O4. The smallest absolute Gasteiger partial charge is 0.336 e. The second kappa shape index (κ2) is 10.5. The summed E-state index contributed by atoms with van der Waals surface area (Å²) in [4.78, 5) is 44.1. The maximum Gasteiger partial charge on any atom is 0.336 e. The molecule has 6 heteroatoms. The van der Waals surface area contributed by atoms with Crippen molar-refractivity contribution in [2.75, 3.05) is 13.2 Å². The van der Waals surface area contributed by atoms with E-state index in [4.69, 9.17) is 4.74 Å². The van der Waals surface area contributed by atoms with Crippen LogP contribution in [0.15, 0.2) is 59.8 Å². The Hall–Kier alpha value is -3.41. The van der Waals surface area contributed by atoms with E-state index in [0.717, 1.165) is 42.5 Å². The van der Waals surface area contributed by atoms with Crippen LogP contribution in [0.1, 0.15) is 93.3 Å². The van der Waals surface area contributed by atoms with E-state index in [9.17, 15) is 14.4 Å². The van der Waals surface area contributed by atoms with Gasteiger partial charge in [0.25, 0.3) is 5.91 Å². The van der Waals surface area contributed by atoms with Crippen LogP contribution < -0.4 is 0 Å². The fourth-order valence-electron chi connectivity index (χ4n) is 7.61. The van der Waals surface area contributed by atoms with E-state index in [2.05, 4.69) is 25.7 Å². The molecule has 2 fully saturated rings. The molecule has 2 bridgehead atoms. The number of esters is 1. The number of rotatable bonds is 6. The van der Waals surface area contributed by atoms with Crippen molar-refractivity contribution in [3.05, 3.63) is 82.1 Å². The van der Waals surface area contributed by atoms with Crippen LogP contribution in [0.2, 0.25) is 0 Å². The van der Waals surface area contributed by atoms with E-state index in [1.54, 1.807) is 11.8 Å². The van der Waals surface area contributed by atoms with Crippen LogP contribution in [0.5, 0.6) is 0 Å². The SMILES string of the molecule is CCOC(=O)C1=C(C)N(Cc2cccc(C(=O)N3CC4(C)CC3CC(C)(C)C4)c2)C(=O)CC1c1ccc(C)cc1. The molecule has 0 radical (unpaired) electrons. The number of ether oxygens (including phenoxy) is 1. The monoisotopic (exact) mass is 542 g/mol. The lowest BCUT2D eigenvalue weighted by molar-refractivity contribution is -0.140. The minimum Gasteiger partial charge on any atom is -0.463 e. The summed E-state index contributed by atoms with van der Waals surface area (Å²) in [5.74, 6) is -0.714. The van der Waals surface area contributed by atoms with Crippen LogP contribution in [-0.2, 0) is 20.9 Å². The minimum atomic E-state index is -0.386. The van der Waals surface area contributed by atoms with Crippen molar-refractivity contribution in [2.24, 2.45) is 10.8 Å². The summed E-state index contributed by atoms with van der Waals surface area (Å²) in [5.41, 5.74) is 5.11. The predicted molar refractivity (Wildman–Crippen MR) is 155 cm³/mol. The van der Waals surface area contributed by atoms with Gasteiger partial charge in [-0.15, -0.1) is 0 Å². The van der Waals surface area contributed by atoms with Crippen molar-refractivity contribution < 1.29 is 19.1 Å². The molecule has 1 aliphatic carbocycles. The summed E-state index contributed by atoms with van der Waals surface area (Å²) < 4.78 is 5.44. The Morgan fingerprint density at radius 3 is 2.45 bits per heavy atom. The molecule has 5 rings (SSSR count). The van der Waals surface area contributed by atoms with Crippen molar-refractivity contribution >= 4 is 17.8 Å². The molecule has 3 atom stereocenters. The molecule has 2 aromatic rings. The maximum atomic E-state index is 13.7. The van der Waals surface area contributed by atoms with Gasteiger partial charge < -0.3 is 14.5 Å². The van der Waals surface area contributed by atoms with Crippen LogP contribution >= 0.6 is 0 Å². The molecule has 3 unspecified atom stereocenters. The molecule has 6 nitrogen and oxygen atoms in total. The number of likely N-dealkylation sites (tertiary alicyclic amines) is 1. The normalized spacial score (nSPS) is 25.8. The first-order valence-corrected chi connectivity index (χ1v) is 14.5. The van der Waals surface area contributed by atoms with E-state index in [0.29, 0.717) is 23.4 Å². The standard InChI is InChI=1S/C34H42N2O4/c1-7-40-32(39)30-23(3)35(29(37)16-28(30)25-13-11-22(2)12-14-25)19-24-9-8-10-26(15-24)31(38)36-21-34(6)18-27(36)17-33(4,5)20-34/h8-15,27-28H,7,16-21H2,1-6H3. The number of carbonyl (C=O) groups excluding carboxylic acids is 3. The van der Waals surface area contributed by atoms with Crippen LogP contribution in [-0.4, -0.2) is 46.8 Å². The van der Waals surface area contributed by atoms with Gasteiger partial charge in [-0.1, -0.05) is 62.7 Å². The van der Waals surface area contributed by atoms with Gasteiger partial charge in [0.15, 0.2) is 0 Å². The fourth-order valence-corrected chi connectivity index (χ4v) is 7.61. The van der Waals surface area contributed by atoms with Crippen molar-refractivity contribution in [3.8, 4) is 0 Å². The highest BCUT2D eigenvalue weighted by atomic mass is 16.5. The Bertz CT molecular complexity index is 1360. The summed E-state index contributed by atoms with van der Waals surface area (Å²) in [5, 5.41) is 0. The Balaban J connectivity index is 1.41. The molecule has 2 amide bonds. The zero-order chi connectivity index (χ0) is 28.8. The molecule has 1 saturated heterocycles. The fraction of sp³-hybridized carbons (Fsp3) is 0.500. The number of aryl methyl sites for hydroxylation is 1. The third-order valence-corrected chi connectivity index (χ3v) is 8.99. The quantitative estimate of drug-likeness (QED) is 0.397. The number of allylic oxidation sites excluding steroid dienone is 1. The first-order chi connectivity index (χ1) is 18.9. The van der Waals surface area contributed by atoms with Gasteiger partial charge in [0.05, 0.1) is 18.7 Å². The third kappa shape index (κ3) is 5.45. The van der Waals surface area contributed by atoms with E-state index in [1.165, 1.54) is 0 Å². The first-order valence-electron chi connectivity index (χ1n) is 14.5. The molecule has 1 saturated carbocycles. The van der Waals surface area contributed by atoms with Gasteiger partial charge in [-0.2, -0.15) is 0 Å². The van der Waals surface area contributed by atoms with E-state index < -0.39 is 0 Å². The van der Waals surface area contributed by atoms with Crippen molar-refractivity contribution in [1.82, 2.24) is 9.80 Å². The molecule has 2 aliphatic heterocycles. The molecule has 2 heterocycles. The van der Waals surface area contributed by atoms with Gasteiger partial charge in [-0.25, -0.2) is 4.79 Å². The summed E-state index contributed by atoms with van der Waals surface area (Å²) in [7, 11) is 0. The summed E-state index contributed by atoms with van der Waals surface area (Å²) in [6, 6.07) is 15.9. The van der Waals surface area contributed by atoms with Crippen LogP contribution in [0.3, 0.4) is 0 Å². The largest absolute Gasteiger partial charge is 0.463 e. The predicted octanol–water partition coefficient (Wildman–Crippen LogP) is 6.39. The molecule has 0 spiro atoms. The second-order valence-corrected chi connectivity index (χ2v) is 13.2. The highest BCUT2D eigenvalue weighted by Crippen LogP contribution is 2.52. The minimum absolute atomic E-state index is 0.0450. The van der Waals surface area contributed by atoms with Gasteiger partial charge >= 0.3 is 5.97 Å². The van der Waals surface area contributed by atoms with Gasteiger partial charge in [-0.3, -0.25) is 9.59 Å². The van der Waals surface area contributed by atoms with Gasteiger partial charge in [0, 0.05) is 36.2 Å². The molecule has 0 N–H and O–H groups in total. The lowest BCUT2D eigenvalue weighted by atomic mass is 9.65. The van der Waals surface area contributed by atoms with Gasteiger partial charge in [0.1, 0.15) is 0 Å². The topological polar surface area (TPSA) is 66.9 Å². The molecule has 0 aromatic heterocycles. The zero-order valence-electron chi connectivity index (χ0n) is 24.8. The number of hydrogen-bond acceptors (Lipinski definition) is 4. The van der Waals surface area contributed by atoms with Gasteiger partial charge in [-0.05, 0) is 74.1 Å². The zero-order valence-corrected chi connectivity index (χ0v) is 24.8. The number of nitrogens with zero attached hydrogens (tertiary/aromatic N) is 2. The van der Waals surface area contributed by atoms with Crippen molar-refractivity contribution in [3.63, 3.8) is 0 Å². The Labute approximate surface area is 238 Å². The first kappa shape index (κ1) is 28.1. The number of hydrogen-bond donors (Lipinski definition) is 0. The van der Waals surface area contributed by atoms with Crippen LogP contribution in [0, 0.1) is 17.8 Å². The van der Waals surface area contributed by atoms with Crippen LogP contribution in [0.4, 0.5) is 0 Å². The van der Waals surface area contributed by atoms with Gasteiger partial charge in [0.2, 0.25) is 5.91 Å². The number of carbonyl (C=O) groups is 3. The van der Waals surface area contributed by atoms with Crippen molar-refractivity contribution in [2.45, 2.75) is 85.7 Å². The number of benzene rings is 2. The lowest BCUT2D eigenvalue weighted by Crippen LogP contribution is -2.38. The molecule has 40 heavy (non-hydrogen) atoms. The van der Waals surface area contributed by atoms with E-state index in [1.807, 2.05) is 62.4 Å². The van der Waals surface area contributed by atoms with E-state index >= 15 is 0 Å². The number of fused-ring (bicyclic) bond motifs is 2. The van der Waals surface area contributed by atoms with Crippen molar-refractivity contribution in [1.29, 1.82) is 0 Å². The average Bonchev–Trinajstić information content (AvgIpc) is 3.14. The average molecular weight is 543 g/mol. The molecular weight excluding hydrogens is 500 g/mol. The summed E-state index contributed by atoms with van der Waals surface area (Å²) >= 11 is 0. The highest BCUT2D eigenvalue weighted by molar-refractivity contribution is 5.96. The summed E-state index contributed by atoms with van der Waals surface area (Å²) in [6.07, 6.45) is 3.42. The molecule has 2 aromatic carbocycles. The van der Waals surface area contributed by atoms with Crippen LogP contribution in [0.25, 0.3) is 0 Å². The van der Waals surface area contributed by atoms with E-state index in [-0.39, 0.29) is 53.6 Å². The number of amides is 2. The molecule has 3 aliphatic rings. The molecule has 212 valence electrons. The Morgan fingerprint density at radius 2 is 1.75 bits per heavy atom. The third-order valence-electron chi connectivity index (χ3n) is 8.99. The Kier molecular flexibility index (Phi) is 7.41.